The second-order valence-electron chi connectivity index (χ2n) is 5.73. The van der Waals surface area contributed by atoms with Crippen molar-refractivity contribution >= 4 is 11.6 Å². The van der Waals surface area contributed by atoms with Crippen LogP contribution in [0.5, 0.6) is 0 Å². The normalized spacial score (nSPS) is 14.3. The lowest BCUT2D eigenvalue weighted by atomic mass is 10.0. The van der Waals surface area contributed by atoms with E-state index in [1.165, 1.54) is 29.0 Å². The number of hydrogen-bond donors (Lipinski definition) is 2. The molecule has 3 N–H and O–H groups in total. The number of carbonyl (C=O) groups excluding carboxylic acids is 1. The van der Waals surface area contributed by atoms with E-state index in [4.69, 9.17) is 5.73 Å². The maximum absolute atomic E-state index is 13.9. The highest BCUT2D eigenvalue weighted by Crippen LogP contribution is 2.41. The van der Waals surface area contributed by atoms with Crippen LogP contribution in [0.1, 0.15) is 34.7 Å². The third kappa shape index (κ3) is 2.21. The molecular weight excluding hydrogens is 299 g/mol. The van der Waals surface area contributed by atoms with Crippen LogP contribution in [0.25, 0.3) is 16.9 Å². The monoisotopic (exact) mass is 312 g/mol. The number of nitrogens with one attached hydrogen (secondary N) is 1. The number of carbonyl (C=O) groups is 1. The minimum Gasteiger partial charge on any atom is -0.365 e. The predicted molar refractivity (Wildman–Crippen MR) is 81.7 cm³/mol. The molecule has 0 aliphatic heterocycles. The molecule has 4 rings (SSSR count). The summed E-state index contributed by atoms with van der Waals surface area (Å²) < 4.78 is 15.4. The Morgan fingerprint density at radius 2 is 2.09 bits per heavy atom. The number of hydrogen-bond acceptors (Lipinski definition) is 3. The Hall–Kier alpha value is -2.96. The van der Waals surface area contributed by atoms with Crippen LogP contribution in [0, 0.1) is 5.82 Å². The van der Waals surface area contributed by atoms with E-state index in [2.05, 4.69) is 10.1 Å². The average Bonchev–Trinajstić information content (AvgIpc) is 3.24. The number of aromatic nitrogens is 3. The van der Waals surface area contributed by atoms with E-state index >= 15 is 0 Å². The highest BCUT2D eigenvalue weighted by molar-refractivity contribution is 5.99. The van der Waals surface area contributed by atoms with Crippen molar-refractivity contribution in [1.82, 2.24) is 14.6 Å². The molecule has 0 saturated heterocycles. The Morgan fingerprint density at radius 3 is 2.78 bits per heavy atom. The van der Waals surface area contributed by atoms with Gasteiger partial charge in [-0.3, -0.25) is 14.7 Å². The fourth-order valence-corrected chi connectivity index (χ4v) is 2.85. The third-order valence-electron chi connectivity index (χ3n) is 4.08. The van der Waals surface area contributed by atoms with Crippen LogP contribution >= 0.6 is 0 Å². The van der Waals surface area contributed by atoms with E-state index in [9.17, 15) is 14.0 Å². The van der Waals surface area contributed by atoms with Gasteiger partial charge in [-0.05, 0) is 42.5 Å². The number of halogens is 1. The van der Waals surface area contributed by atoms with Crippen molar-refractivity contribution in [1.29, 1.82) is 0 Å². The Morgan fingerprint density at radius 1 is 1.30 bits per heavy atom. The topological polar surface area (TPSA) is 93.3 Å². The highest BCUT2D eigenvalue weighted by Gasteiger charge is 2.25. The highest BCUT2D eigenvalue weighted by atomic mass is 19.1. The molecule has 2 heterocycles. The van der Waals surface area contributed by atoms with Gasteiger partial charge in [0.1, 0.15) is 17.7 Å². The Bertz CT molecular complexity index is 1000. The van der Waals surface area contributed by atoms with Crippen molar-refractivity contribution in [2.75, 3.05) is 0 Å². The molecule has 116 valence electrons. The second-order valence-corrected chi connectivity index (χ2v) is 5.73. The van der Waals surface area contributed by atoms with Crippen molar-refractivity contribution < 1.29 is 9.18 Å². The first-order chi connectivity index (χ1) is 11.0. The van der Waals surface area contributed by atoms with Crippen LogP contribution in [0.15, 0.2) is 35.4 Å². The number of primary amides is 1. The van der Waals surface area contributed by atoms with Crippen LogP contribution in [0.3, 0.4) is 0 Å². The fourth-order valence-electron chi connectivity index (χ4n) is 2.85. The van der Waals surface area contributed by atoms with E-state index in [1.807, 2.05) is 6.07 Å². The molecule has 6 nitrogen and oxygen atoms in total. The molecule has 3 aromatic rings. The lowest BCUT2D eigenvalue weighted by molar-refractivity contribution is 0.100. The summed E-state index contributed by atoms with van der Waals surface area (Å²) >= 11 is 0. The maximum Gasteiger partial charge on any atom is 0.256 e. The van der Waals surface area contributed by atoms with Gasteiger partial charge in [-0.2, -0.15) is 0 Å². The molecule has 2 aromatic heterocycles. The van der Waals surface area contributed by atoms with Gasteiger partial charge in [0.2, 0.25) is 0 Å². The Kier molecular flexibility index (Phi) is 2.84. The van der Waals surface area contributed by atoms with E-state index in [0.717, 1.165) is 18.4 Å². The SMILES string of the molecule is NC(=O)c1c(=O)cc(-c2cc(F)cc(C3CC3)c2)n2[nH]cnc12. The number of nitrogens with two attached hydrogens (primary N) is 1. The Balaban J connectivity index is 2.00. The van der Waals surface area contributed by atoms with Gasteiger partial charge in [0.25, 0.3) is 5.91 Å². The molecule has 1 aliphatic rings. The van der Waals surface area contributed by atoms with E-state index in [0.29, 0.717) is 17.2 Å². The summed E-state index contributed by atoms with van der Waals surface area (Å²) in [6, 6.07) is 6.02. The van der Waals surface area contributed by atoms with Gasteiger partial charge in [-0.15, -0.1) is 0 Å². The summed E-state index contributed by atoms with van der Waals surface area (Å²) in [5, 5.41) is 2.83. The first-order valence-electron chi connectivity index (χ1n) is 7.24. The van der Waals surface area contributed by atoms with Gasteiger partial charge in [-0.25, -0.2) is 13.9 Å². The van der Waals surface area contributed by atoms with E-state index in [1.54, 1.807) is 0 Å². The zero-order chi connectivity index (χ0) is 16.1. The molecule has 1 saturated carbocycles. The smallest absolute Gasteiger partial charge is 0.256 e. The molecule has 0 bridgehead atoms. The molecule has 1 amide bonds. The maximum atomic E-state index is 13.9. The van der Waals surface area contributed by atoms with Crippen LogP contribution < -0.4 is 11.2 Å². The van der Waals surface area contributed by atoms with Crippen LogP contribution in [-0.4, -0.2) is 20.5 Å². The Labute approximate surface area is 129 Å². The van der Waals surface area contributed by atoms with Crippen LogP contribution in [0.4, 0.5) is 4.39 Å². The minimum atomic E-state index is -0.843. The van der Waals surface area contributed by atoms with E-state index in [-0.39, 0.29) is 17.0 Å². The van der Waals surface area contributed by atoms with E-state index < -0.39 is 11.3 Å². The first kappa shape index (κ1) is 13.7. The van der Waals surface area contributed by atoms with Crippen molar-refractivity contribution in [2.24, 2.45) is 5.73 Å². The summed E-state index contributed by atoms with van der Waals surface area (Å²) in [5.74, 6) is -0.823. The quantitative estimate of drug-likeness (QED) is 0.772. The van der Waals surface area contributed by atoms with Gasteiger partial charge in [0.15, 0.2) is 11.1 Å². The largest absolute Gasteiger partial charge is 0.365 e. The molecule has 7 heteroatoms. The van der Waals surface area contributed by atoms with Gasteiger partial charge in [0.05, 0.1) is 5.69 Å². The molecule has 23 heavy (non-hydrogen) atoms. The zero-order valence-corrected chi connectivity index (χ0v) is 12.0. The van der Waals surface area contributed by atoms with Gasteiger partial charge < -0.3 is 5.73 Å². The molecule has 0 radical (unpaired) electrons. The molecule has 1 aliphatic carbocycles. The lowest BCUT2D eigenvalue weighted by Crippen LogP contribution is -2.23. The number of benzene rings is 1. The number of rotatable bonds is 3. The second kappa shape index (κ2) is 4.77. The molecular formula is C16H13FN4O2. The van der Waals surface area contributed by atoms with Gasteiger partial charge >= 0.3 is 0 Å². The fraction of sp³-hybridized carbons (Fsp3) is 0.188. The summed E-state index contributed by atoms with van der Waals surface area (Å²) in [6.45, 7) is 0. The number of nitrogens with zero attached hydrogens (tertiary/aromatic N) is 2. The zero-order valence-electron chi connectivity index (χ0n) is 12.0. The molecule has 0 atom stereocenters. The minimum absolute atomic E-state index is 0.136. The average molecular weight is 312 g/mol. The lowest BCUT2D eigenvalue weighted by Gasteiger charge is -2.09. The number of H-pyrrole nitrogens is 1. The van der Waals surface area contributed by atoms with Crippen LogP contribution in [0.2, 0.25) is 0 Å². The number of fused-ring (bicyclic) bond motifs is 1. The third-order valence-corrected chi connectivity index (χ3v) is 4.08. The summed E-state index contributed by atoms with van der Waals surface area (Å²) in [7, 11) is 0. The summed E-state index contributed by atoms with van der Waals surface area (Å²) in [6.07, 6.45) is 3.44. The number of amides is 1. The van der Waals surface area contributed by atoms with Crippen molar-refractivity contribution in [3.8, 4) is 11.3 Å². The molecule has 1 fully saturated rings. The van der Waals surface area contributed by atoms with Crippen molar-refractivity contribution in [3.05, 3.63) is 57.8 Å². The first-order valence-corrected chi connectivity index (χ1v) is 7.24. The summed E-state index contributed by atoms with van der Waals surface area (Å²) in [5.41, 5.74) is 6.59. The van der Waals surface area contributed by atoms with Crippen molar-refractivity contribution in [3.63, 3.8) is 0 Å². The molecule has 0 spiro atoms. The standard InChI is InChI=1S/C16H13FN4O2/c17-11-4-9(8-1-2-8)3-10(5-11)12-6-13(22)14(15(18)23)16-19-7-20-21(12)16/h3-8H,1-2H2,(H2,18,23)(H,19,20). The van der Waals surface area contributed by atoms with Crippen LogP contribution in [-0.2, 0) is 0 Å². The van der Waals surface area contributed by atoms with Gasteiger partial charge in [-0.1, -0.05) is 0 Å². The predicted octanol–water partition coefficient (Wildman–Crippen LogP) is 1.80. The molecule has 0 unspecified atom stereocenters. The summed E-state index contributed by atoms with van der Waals surface area (Å²) in [4.78, 5) is 27.7. The van der Waals surface area contributed by atoms with Gasteiger partial charge in [0, 0.05) is 11.6 Å². The molecule has 1 aromatic carbocycles. The number of aromatic amines is 1. The number of pyridine rings is 1. The van der Waals surface area contributed by atoms with Crippen molar-refractivity contribution in [2.45, 2.75) is 18.8 Å².